The summed E-state index contributed by atoms with van der Waals surface area (Å²) in [6.45, 7) is 0. The molecule has 234 valence electrons. The van der Waals surface area contributed by atoms with Gasteiger partial charge in [-0.15, -0.1) is 0 Å². The van der Waals surface area contributed by atoms with Crippen molar-refractivity contribution in [3.05, 3.63) is 189 Å². The van der Waals surface area contributed by atoms with Gasteiger partial charge in [-0.1, -0.05) is 133 Å². The molecule has 0 atom stereocenters. The maximum absolute atomic E-state index is 5.32. The standard InChI is InChI=1S/C47H31N3/c1-3-11-32(12-4-1)38-27-46(35-13-5-2-6-14-35)50-47(28-38)40-24-37(33-19-21-34(22-20-33)41-29-48-31-49-30-41)23-39(25-40)45-26-36-15-7-8-16-42(36)43-17-9-10-18-44(43)45/h1-31H. The number of pyridine rings is 1. The van der Waals surface area contributed by atoms with Gasteiger partial charge in [0.1, 0.15) is 6.33 Å². The van der Waals surface area contributed by atoms with Gasteiger partial charge in [0.25, 0.3) is 0 Å². The molecule has 3 nitrogen and oxygen atoms in total. The average Bonchev–Trinajstić information content (AvgIpc) is 3.21. The Bertz CT molecular complexity index is 2560. The molecule has 3 heteroatoms. The molecule has 0 unspecified atom stereocenters. The number of nitrogens with zero attached hydrogens (tertiary/aromatic N) is 3. The van der Waals surface area contributed by atoms with Crippen LogP contribution in [0.4, 0.5) is 0 Å². The highest BCUT2D eigenvalue weighted by Gasteiger charge is 2.15. The molecular weight excluding hydrogens is 607 g/mol. The Kier molecular flexibility index (Phi) is 7.49. The van der Waals surface area contributed by atoms with Crippen LogP contribution < -0.4 is 0 Å². The number of benzene rings is 7. The first-order valence-electron chi connectivity index (χ1n) is 16.8. The largest absolute Gasteiger partial charge is 0.248 e. The predicted octanol–water partition coefficient (Wildman–Crippen LogP) is 12.2. The summed E-state index contributed by atoms with van der Waals surface area (Å²) in [7, 11) is 0. The molecule has 0 aliphatic heterocycles. The number of hydrogen-bond acceptors (Lipinski definition) is 3. The lowest BCUT2D eigenvalue weighted by molar-refractivity contribution is 1.17. The van der Waals surface area contributed by atoms with Gasteiger partial charge in [-0.25, -0.2) is 15.0 Å². The smallest absolute Gasteiger partial charge is 0.115 e. The molecule has 0 aliphatic rings. The van der Waals surface area contributed by atoms with Gasteiger partial charge in [-0.3, -0.25) is 0 Å². The molecule has 2 aromatic heterocycles. The van der Waals surface area contributed by atoms with Crippen molar-refractivity contribution >= 4 is 21.5 Å². The second-order valence-electron chi connectivity index (χ2n) is 12.6. The molecule has 9 rings (SSSR count). The summed E-state index contributed by atoms with van der Waals surface area (Å²) < 4.78 is 0. The van der Waals surface area contributed by atoms with E-state index in [-0.39, 0.29) is 0 Å². The number of hydrogen-bond donors (Lipinski definition) is 0. The van der Waals surface area contributed by atoms with E-state index < -0.39 is 0 Å². The molecular formula is C47H31N3. The van der Waals surface area contributed by atoms with E-state index in [1.54, 1.807) is 6.33 Å². The van der Waals surface area contributed by atoms with Gasteiger partial charge in [0.2, 0.25) is 0 Å². The van der Waals surface area contributed by atoms with Crippen molar-refractivity contribution in [2.75, 3.05) is 0 Å². The van der Waals surface area contributed by atoms with E-state index in [1.165, 1.54) is 27.1 Å². The van der Waals surface area contributed by atoms with Gasteiger partial charge in [0.05, 0.1) is 11.4 Å². The van der Waals surface area contributed by atoms with E-state index in [1.807, 2.05) is 18.5 Å². The maximum Gasteiger partial charge on any atom is 0.115 e. The zero-order valence-electron chi connectivity index (χ0n) is 27.2. The van der Waals surface area contributed by atoms with Crippen molar-refractivity contribution in [3.63, 3.8) is 0 Å². The normalized spacial score (nSPS) is 11.2. The first-order valence-corrected chi connectivity index (χ1v) is 16.8. The second kappa shape index (κ2) is 12.7. The first kappa shape index (κ1) is 29.4. The van der Waals surface area contributed by atoms with Gasteiger partial charge in [0, 0.05) is 29.1 Å². The van der Waals surface area contributed by atoms with Crippen LogP contribution in [0.5, 0.6) is 0 Å². The Balaban J connectivity index is 1.28. The lowest BCUT2D eigenvalue weighted by Gasteiger charge is -2.16. The third kappa shape index (κ3) is 5.61. The van der Waals surface area contributed by atoms with Gasteiger partial charge < -0.3 is 0 Å². The molecule has 0 saturated heterocycles. The van der Waals surface area contributed by atoms with Gasteiger partial charge in [-0.2, -0.15) is 0 Å². The molecule has 7 aromatic carbocycles. The highest BCUT2D eigenvalue weighted by molar-refractivity contribution is 6.14. The van der Waals surface area contributed by atoms with Crippen LogP contribution in [0.2, 0.25) is 0 Å². The fourth-order valence-electron chi connectivity index (χ4n) is 6.93. The molecule has 0 aliphatic carbocycles. The Hall–Kier alpha value is -6.71. The van der Waals surface area contributed by atoms with Crippen LogP contribution in [-0.2, 0) is 0 Å². The minimum absolute atomic E-state index is 0.927. The maximum atomic E-state index is 5.32. The summed E-state index contributed by atoms with van der Waals surface area (Å²) in [5.41, 5.74) is 13.0. The lowest BCUT2D eigenvalue weighted by Crippen LogP contribution is -1.93. The molecule has 0 bridgehead atoms. The van der Waals surface area contributed by atoms with Crippen LogP contribution in [0.1, 0.15) is 0 Å². The van der Waals surface area contributed by atoms with Crippen molar-refractivity contribution < 1.29 is 0 Å². The van der Waals surface area contributed by atoms with Crippen LogP contribution in [0, 0.1) is 0 Å². The average molecular weight is 638 g/mol. The fourth-order valence-corrected chi connectivity index (χ4v) is 6.93. The van der Waals surface area contributed by atoms with Crippen molar-refractivity contribution in [3.8, 4) is 67.0 Å². The van der Waals surface area contributed by atoms with Crippen molar-refractivity contribution in [2.24, 2.45) is 0 Å². The Morgan fingerprint density at radius 2 is 0.800 bits per heavy atom. The van der Waals surface area contributed by atoms with Crippen molar-refractivity contribution in [2.45, 2.75) is 0 Å². The quantitative estimate of drug-likeness (QED) is 0.170. The minimum atomic E-state index is 0.927. The minimum Gasteiger partial charge on any atom is -0.248 e. The van der Waals surface area contributed by atoms with Gasteiger partial charge in [0.15, 0.2) is 0 Å². The SMILES string of the molecule is c1ccc(-c2cc(-c3ccccc3)nc(-c3cc(-c4ccc(-c5cncnc5)cc4)cc(-c4cc5ccccc5c5ccccc45)c3)c2)cc1. The molecule has 0 amide bonds. The predicted molar refractivity (Wildman–Crippen MR) is 207 cm³/mol. The molecule has 0 spiro atoms. The highest BCUT2D eigenvalue weighted by atomic mass is 14.8. The van der Waals surface area contributed by atoms with Crippen LogP contribution in [0.25, 0.3) is 88.6 Å². The molecule has 0 fully saturated rings. The molecule has 9 aromatic rings. The van der Waals surface area contributed by atoms with E-state index >= 15 is 0 Å². The second-order valence-corrected chi connectivity index (χ2v) is 12.6. The van der Waals surface area contributed by atoms with E-state index in [0.29, 0.717) is 0 Å². The van der Waals surface area contributed by atoms with Crippen molar-refractivity contribution in [1.29, 1.82) is 0 Å². The summed E-state index contributed by atoms with van der Waals surface area (Å²) in [5, 5.41) is 4.95. The van der Waals surface area contributed by atoms with Crippen LogP contribution >= 0.6 is 0 Å². The van der Waals surface area contributed by atoms with E-state index in [2.05, 4.69) is 174 Å². The number of aromatic nitrogens is 3. The lowest BCUT2D eigenvalue weighted by atomic mass is 9.89. The van der Waals surface area contributed by atoms with Gasteiger partial charge >= 0.3 is 0 Å². The van der Waals surface area contributed by atoms with E-state index in [0.717, 1.165) is 61.5 Å². The van der Waals surface area contributed by atoms with Crippen LogP contribution in [-0.4, -0.2) is 15.0 Å². The number of rotatable bonds is 6. The summed E-state index contributed by atoms with van der Waals surface area (Å²) in [6.07, 6.45) is 5.26. The molecule has 0 N–H and O–H groups in total. The molecule has 50 heavy (non-hydrogen) atoms. The summed E-state index contributed by atoms with van der Waals surface area (Å²) in [4.78, 5) is 13.8. The Morgan fingerprint density at radius 3 is 1.52 bits per heavy atom. The van der Waals surface area contributed by atoms with E-state index in [4.69, 9.17) is 4.98 Å². The van der Waals surface area contributed by atoms with Crippen LogP contribution in [0.15, 0.2) is 189 Å². The third-order valence-electron chi connectivity index (χ3n) is 9.42. The van der Waals surface area contributed by atoms with Crippen molar-refractivity contribution in [1.82, 2.24) is 15.0 Å². The van der Waals surface area contributed by atoms with Gasteiger partial charge in [-0.05, 0) is 96.9 Å². The summed E-state index contributed by atoms with van der Waals surface area (Å²) >= 11 is 0. The molecule has 0 saturated carbocycles. The third-order valence-corrected chi connectivity index (χ3v) is 9.42. The molecule has 2 heterocycles. The first-order chi connectivity index (χ1) is 24.8. The molecule has 0 radical (unpaired) electrons. The summed E-state index contributed by atoms with van der Waals surface area (Å²) in [6, 6.07) is 60.7. The zero-order chi connectivity index (χ0) is 33.3. The summed E-state index contributed by atoms with van der Waals surface area (Å²) in [5.74, 6) is 0. The zero-order valence-corrected chi connectivity index (χ0v) is 27.2. The fraction of sp³-hybridized carbons (Fsp3) is 0. The monoisotopic (exact) mass is 637 g/mol. The highest BCUT2D eigenvalue weighted by Crippen LogP contribution is 2.40. The topological polar surface area (TPSA) is 38.7 Å². The van der Waals surface area contributed by atoms with E-state index in [9.17, 15) is 0 Å². The number of fused-ring (bicyclic) bond motifs is 3. The van der Waals surface area contributed by atoms with Crippen LogP contribution in [0.3, 0.4) is 0 Å². The Labute approximate surface area is 291 Å². The Morgan fingerprint density at radius 1 is 0.300 bits per heavy atom.